The van der Waals surface area contributed by atoms with Crippen LogP contribution in [0.2, 0.25) is 0 Å². The first kappa shape index (κ1) is 18.3. The lowest BCUT2D eigenvalue weighted by atomic mass is 9.89. The summed E-state index contributed by atoms with van der Waals surface area (Å²) in [5.41, 5.74) is 0.916. The standard InChI is InChI=1S/C20H26N2O5/c23-18-17(21-19(24)25-14-15-4-2-1-3-5-15)8-11-22(18)16-6-9-20(10-7-16)26-12-13-27-20/h1-5,16-17H,6-14H2,(H,21,24)/t17-/m0/s1. The molecule has 1 N–H and O–H groups in total. The predicted molar refractivity (Wildman–Crippen MR) is 96.8 cm³/mol. The predicted octanol–water partition coefficient (Wildman–Crippen LogP) is 2.20. The third kappa shape index (κ3) is 4.09. The zero-order valence-electron chi connectivity index (χ0n) is 15.4. The Hall–Kier alpha value is -2.12. The van der Waals surface area contributed by atoms with Crippen molar-refractivity contribution in [1.29, 1.82) is 0 Å². The van der Waals surface area contributed by atoms with Crippen LogP contribution in [-0.2, 0) is 25.6 Å². The maximum Gasteiger partial charge on any atom is 0.408 e. The molecule has 0 aromatic heterocycles. The van der Waals surface area contributed by atoms with Crippen molar-refractivity contribution in [1.82, 2.24) is 10.2 Å². The van der Waals surface area contributed by atoms with Crippen LogP contribution >= 0.6 is 0 Å². The number of rotatable bonds is 4. The summed E-state index contributed by atoms with van der Waals surface area (Å²) in [4.78, 5) is 26.7. The summed E-state index contributed by atoms with van der Waals surface area (Å²) in [5.74, 6) is -0.432. The van der Waals surface area contributed by atoms with Crippen molar-refractivity contribution in [3.8, 4) is 0 Å². The van der Waals surface area contributed by atoms with E-state index in [0.717, 1.165) is 31.2 Å². The molecule has 2 amide bonds. The van der Waals surface area contributed by atoms with E-state index in [-0.39, 0.29) is 18.6 Å². The van der Waals surface area contributed by atoms with Gasteiger partial charge in [-0.2, -0.15) is 0 Å². The topological polar surface area (TPSA) is 77.1 Å². The molecule has 0 bridgehead atoms. The van der Waals surface area contributed by atoms with E-state index in [9.17, 15) is 9.59 Å². The SMILES string of the molecule is O=C(N[C@H]1CCN(C2CCC3(CC2)OCCO3)C1=O)OCc1ccccc1. The van der Waals surface area contributed by atoms with Gasteiger partial charge in [-0.1, -0.05) is 30.3 Å². The molecule has 3 aliphatic rings. The average Bonchev–Trinajstić information content (AvgIpc) is 3.29. The van der Waals surface area contributed by atoms with Crippen molar-refractivity contribution >= 4 is 12.0 Å². The molecule has 4 rings (SSSR count). The van der Waals surface area contributed by atoms with E-state index < -0.39 is 17.9 Å². The first-order valence-electron chi connectivity index (χ1n) is 9.71. The van der Waals surface area contributed by atoms with Gasteiger partial charge in [0.2, 0.25) is 5.91 Å². The maximum absolute atomic E-state index is 12.7. The molecule has 146 valence electrons. The lowest BCUT2D eigenvalue weighted by Crippen LogP contribution is -2.48. The third-order valence-electron chi connectivity index (χ3n) is 5.72. The average molecular weight is 374 g/mol. The summed E-state index contributed by atoms with van der Waals surface area (Å²) in [6.07, 6.45) is 3.45. The second-order valence-corrected chi connectivity index (χ2v) is 7.42. The van der Waals surface area contributed by atoms with Crippen molar-refractivity contribution in [3.63, 3.8) is 0 Å². The fourth-order valence-corrected chi connectivity index (χ4v) is 4.25. The van der Waals surface area contributed by atoms with Gasteiger partial charge in [0.25, 0.3) is 0 Å². The smallest absolute Gasteiger partial charge is 0.408 e. The van der Waals surface area contributed by atoms with E-state index in [4.69, 9.17) is 14.2 Å². The fraction of sp³-hybridized carbons (Fsp3) is 0.600. The van der Waals surface area contributed by atoms with Crippen LogP contribution in [0.5, 0.6) is 0 Å². The Morgan fingerprint density at radius 1 is 1.15 bits per heavy atom. The van der Waals surface area contributed by atoms with Crippen molar-refractivity contribution in [2.45, 2.75) is 56.6 Å². The second kappa shape index (κ2) is 7.86. The highest BCUT2D eigenvalue weighted by molar-refractivity contribution is 5.87. The van der Waals surface area contributed by atoms with Gasteiger partial charge in [-0.15, -0.1) is 0 Å². The van der Waals surface area contributed by atoms with Crippen LogP contribution in [0.25, 0.3) is 0 Å². The van der Waals surface area contributed by atoms with E-state index in [0.29, 0.717) is 26.2 Å². The van der Waals surface area contributed by atoms with Gasteiger partial charge in [0.1, 0.15) is 12.6 Å². The quantitative estimate of drug-likeness (QED) is 0.874. The minimum atomic E-state index is -0.547. The number of alkyl carbamates (subject to hydrolysis) is 1. The zero-order valence-corrected chi connectivity index (χ0v) is 15.4. The molecule has 1 aromatic carbocycles. The Morgan fingerprint density at radius 2 is 1.85 bits per heavy atom. The van der Waals surface area contributed by atoms with Crippen molar-refractivity contribution < 1.29 is 23.8 Å². The Labute approximate surface area is 158 Å². The first-order chi connectivity index (χ1) is 13.2. The first-order valence-corrected chi connectivity index (χ1v) is 9.71. The number of hydrogen-bond acceptors (Lipinski definition) is 5. The number of amides is 2. The van der Waals surface area contributed by atoms with Crippen LogP contribution in [0, 0.1) is 0 Å². The summed E-state index contributed by atoms with van der Waals surface area (Å²) >= 11 is 0. The molecule has 27 heavy (non-hydrogen) atoms. The number of ether oxygens (including phenoxy) is 3. The van der Waals surface area contributed by atoms with E-state index in [1.165, 1.54) is 0 Å². The molecule has 3 fully saturated rings. The minimum absolute atomic E-state index is 0.0131. The molecule has 0 unspecified atom stereocenters. The largest absolute Gasteiger partial charge is 0.445 e. The van der Waals surface area contributed by atoms with Crippen molar-refractivity contribution in [3.05, 3.63) is 35.9 Å². The molecule has 1 aromatic rings. The lowest BCUT2D eigenvalue weighted by Gasteiger charge is -2.39. The van der Waals surface area contributed by atoms with Crippen LogP contribution in [0.1, 0.15) is 37.7 Å². The van der Waals surface area contributed by atoms with E-state index in [1.54, 1.807) is 0 Å². The van der Waals surface area contributed by atoms with Gasteiger partial charge in [0, 0.05) is 25.4 Å². The van der Waals surface area contributed by atoms with Crippen LogP contribution in [0.4, 0.5) is 4.79 Å². The van der Waals surface area contributed by atoms with E-state index in [2.05, 4.69) is 5.32 Å². The van der Waals surface area contributed by atoms with Crippen molar-refractivity contribution in [2.24, 2.45) is 0 Å². The number of hydrogen-bond donors (Lipinski definition) is 1. The van der Waals surface area contributed by atoms with Gasteiger partial charge >= 0.3 is 6.09 Å². The lowest BCUT2D eigenvalue weighted by molar-refractivity contribution is -0.184. The second-order valence-electron chi connectivity index (χ2n) is 7.42. The van der Waals surface area contributed by atoms with Gasteiger partial charge in [0.05, 0.1) is 13.2 Å². The minimum Gasteiger partial charge on any atom is -0.445 e. The summed E-state index contributed by atoms with van der Waals surface area (Å²) in [7, 11) is 0. The van der Waals surface area contributed by atoms with Crippen LogP contribution < -0.4 is 5.32 Å². The van der Waals surface area contributed by atoms with Gasteiger partial charge in [-0.05, 0) is 24.8 Å². The number of nitrogens with zero attached hydrogens (tertiary/aromatic N) is 1. The van der Waals surface area contributed by atoms with Gasteiger partial charge in [-0.3, -0.25) is 4.79 Å². The molecule has 1 saturated carbocycles. The van der Waals surface area contributed by atoms with Crippen LogP contribution in [0.3, 0.4) is 0 Å². The Morgan fingerprint density at radius 3 is 2.56 bits per heavy atom. The van der Waals surface area contributed by atoms with Gasteiger partial charge < -0.3 is 24.4 Å². The molecule has 1 spiro atoms. The highest BCUT2D eigenvalue weighted by atomic mass is 16.7. The fourth-order valence-electron chi connectivity index (χ4n) is 4.25. The highest BCUT2D eigenvalue weighted by Gasteiger charge is 2.44. The zero-order chi connectivity index (χ0) is 18.7. The maximum atomic E-state index is 12.7. The number of nitrogens with one attached hydrogen (secondary N) is 1. The normalized spacial score (nSPS) is 25.1. The molecule has 2 saturated heterocycles. The van der Waals surface area contributed by atoms with Gasteiger partial charge in [0.15, 0.2) is 5.79 Å². The monoisotopic (exact) mass is 374 g/mol. The molecular formula is C20H26N2O5. The van der Waals surface area contributed by atoms with Gasteiger partial charge in [-0.25, -0.2) is 4.79 Å². The summed E-state index contributed by atoms with van der Waals surface area (Å²) in [6.45, 7) is 2.18. The third-order valence-corrected chi connectivity index (χ3v) is 5.72. The molecular weight excluding hydrogens is 348 g/mol. The summed E-state index contributed by atoms with van der Waals surface area (Å²) < 4.78 is 16.7. The number of likely N-dealkylation sites (tertiary alicyclic amines) is 1. The molecule has 2 aliphatic heterocycles. The van der Waals surface area contributed by atoms with Crippen LogP contribution in [-0.4, -0.2) is 54.5 Å². The number of benzene rings is 1. The Bertz CT molecular complexity index is 664. The molecule has 7 nitrogen and oxygen atoms in total. The molecule has 1 aliphatic carbocycles. The summed E-state index contributed by atoms with van der Waals surface area (Å²) in [6, 6.07) is 9.18. The van der Waals surface area contributed by atoms with Crippen molar-refractivity contribution in [2.75, 3.05) is 19.8 Å². The summed E-state index contributed by atoms with van der Waals surface area (Å²) in [5, 5.41) is 2.71. The molecule has 1 atom stereocenters. The number of carbonyl (C=O) groups is 2. The Kier molecular flexibility index (Phi) is 5.31. The molecule has 2 heterocycles. The molecule has 0 radical (unpaired) electrons. The van der Waals surface area contributed by atoms with E-state index in [1.807, 2.05) is 35.2 Å². The molecule has 7 heteroatoms. The van der Waals surface area contributed by atoms with Crippen LogP contribution in [0.15, 0.2) is 30.3 Å². The Balaban J connectivity index is 1.24. The van der Waals surface area contributed by atoms with E-state index >= 15 is 0 Å². The highest BCUT2D eigenvalue weighted by Crippen LogP contribution is 2.38. The number of carbonyl (C=O) groups excluding carboxylic acids is 2.